The smallest absolute Gasteiger partial charge is 0.304 e. The van der Waals surface area contributed by atoms with E-state index in [-0.39, 0.29) is 12.5 Å². The van der Waals surface area contributed by atoms with Crippen LogP contribution in [0.5, 0.6) is 0 Å². The number of nitrogens with zero attached hydrogens (tertiary/aromatic N) is 1. The van der Waals surface area contributed by atoms with Crippen molar-refractivity contribution in [2.45, 2.75) is 65.0 Å². The topological polar surface area (TPSA) is 40.5 Å². The Morgan fingerprint density at radius 1 is 1.33 bits per heavy atom. The molecule has 1 aliphatic heterocycles. The fourth-order valence-electron chi connectivity index (χ4n) is 3.37. The van der Waals surface area contributed by atoms with Crippen LogP contribution in [0.4, 0.5) is 0 Å². The van der Waals surface area contributed by atoms with Crippen molar-refractivity contribution in [2.24, 2.45) is 0 Å². The Morgan fingerprint density at radius 2 is 2.10 bits per heavy atom. The summed E-state index contributed by atoms with van der Waals surface area (Å²) in [5.74, 6) is -0.693. The highest BCUT2D eigenvalue weighted by Gasteiger charge is 2.27. The highest BCUT2D eigenvalue weighted by Crippen LogP contribution is 2.23. The molecule has 2 atom stereocenters. The maximum absolute atomic E-state index is 11.2. The lowest BCUT2D eigenvalue weighted by Gasteiger charge is -2.39. The maximum atomic E-state index is 11.2. The number of piperidine rings is 1. The van der Waals surface area contributed by atoms with E-state index in [1.165, 1.54) is 36.0 Å². The highest BCUT2D eigenvalue weighted by molar-refractivity contribution is 5.67. The van der Waals surface area contributed by atoms with E-state index in [9.17, 15) is 9.90 Å². The van der Waals surface area contributed by atoms with E-state index < -0.39 is 5.97 Å². The quantitative estimate of drug-likeness (QED) is 0.901. The van der Waals surface area contributed by atoms with Crippen molar-refractivity contribution in [2.75, 3.05) is 6.54 Å². The number of aryl methyl sites for hydroxylation is 2. The lowest BCUT2D eigenvalue weighted by Crippen LogP contribution is -2.46. The zero-order chi connectivity index (χ0) is 15.4. The summed E-state index contributed by atoms with van der Waals surface area (Å²) in [5.41, 5.74) is 3.83. The lowest BCUT2D eigenvalue weighted by molar-refractivity contribution is -0.138. The number of benzene rings is 1. The van der Waals surface area contributed by atoms with Crippen molar-refractivity contribution in [3.63, 3.8) is 0 Å². The van der Waals surface area contributed by atoms with Crippen molar-refractivity contribution in [3.05, 3.63) is 34.9 Å². The molecule has 0 amide bonds. The summed E-state index contributed by atoms with van der Waals surface area (Å²) in [6, 6.07) is 7.10. The van der Waals surface area contributed by atoms with E-state index in [0.717, 1.165) is 13.0 Å². The van der Waals surface area contributed by atoms with Gasteiger partial charge in [-0.25, -0.2) is 0 Å². The van der Waals surface area contributed by atoms with Gasteiger partial charge < -0.3 is 5.11 Å². The molecular formula is C18H27NO2. The van der Waals surface area contributed by atoms with Crippen LogP contribution in [0.25, 0.3) is 0 Å². The molecule has 1 heterocycles. The van der Waals surface area contributed by atoms with Gasteiger partial charge in [0.25, 0.3) is 0 Å². The van der Waals surface area contributed by atoms with E-state index in [2.05, 4.69) is 43.9 Å². The summed E-state index contributed by atoms with van der Waals surface area (Å²) in [6.07, 6.45) is 4.70. The molecule has 0 aromatic heterocycles. The van der Waals surface area contributed by atoms with Crippen molar-refractivity contribution in [1.82, 2.24) is 4.90 Å². The third kappa shape index (κ3) is 4.31. The van der Waals surface area contributed by atoms with Crippen molar-refractivity contribution in [1.29, 1.82) is 0 Å². The molecule has 0 aliphatic carbocycles. The number of likely N-dealkylation sites (tertiary alicyclic amines) is 1. The Balaban J connectivity index is 2.15. The molecular weight excluding hydrogens is 262 g/mol. The molecule has 1 aromatic rings. The van der Waals surface area contributed by atoms with Gasteiger partial charge in [-0.05, 0) is 63.3 Å². The summed E-state index contributed by atoms with van der Waals surface area (Å²) in [7, 11) is 0. The fraction of sp³-hybridized carbons (Fsp3) is 0.611. The molecule has 0 radical (unpaired) electrons. The van der Waals surface area contributed by atoms with Crippen LogP contribution in [0.15, 0.2) is 18.2 Å². The second-order valence-electron chi connectivity index (χ2n) is 6.46. The van der Waals surface area contributed by atoms with Crippen LogP contribution in [-0.2, 0) is 11.2 Å². The van der Waals surface area contributed by atoms with Gasteiger partial charge in [-0.2, -0.15) is 0 Å². The van der Waals surface area contributed by atoms with Gasteiger partial charge in [-0.1, -0.05) is 24.6 Å². The Hall–Kier alpha value is -1.35. The van der Waals surface area contributed by atoms with Crippen LogP contribution in [-0.4, -0.2) is 34.6 Å². The summed E-state index contributed by atoms with van der Waals surface area (Å²) in [4.78, 5) is 13.7. The Bertz CT molecular complexity index is 498. The van der Waals surface area contributed by atoms with E-state index in [1.807, 2.05) is 0 Å². The molecule has 1 N–H and O–H groups in total. The molecule has 21 heavy (non-hydrogen) atoms. The minimum atomic E-state index is -0.693. The van der Waals surface area contributed by atoms with Gasteiger partial charge in [0.2, 0.25) is 0 Å². The normalized spacial score (nSPS) is 21.2. The summed E-state index contributed by atoms with van der Waals surface area (Å²) < 4.78 is 0. The van der Waals surface area contributed by atoms with Crippen LogP contribution >= 0.6 is 0 Å². The zero-order valence-corrected chi connectivity index (χ0v) is 13.4. The number of carboxylic acids is 1. The van der Waals surface area contributed by atoms with Gasteiger partial charge in [0, 0.05) is 12.1 Å². The van der Waals surface area contributed by atoms with Crippen LogP contribution in [0.3, 0.4) is 0 Å². The van der Waals surface area contributed by atoms with Crippen LogP contribution in [0.1, 0.15) is 49.3 Å². The SMILES string of the molecule is Cc1ccc(CC(CC(=O)O)N2CCCCC2C)cc1C. The van der Waals surface area contributed by atoms with Crippen molar-refractivity contribution in [3.8, 4) is 0 Å². The molecule has 116 valence electrons. The molecule has 0 spiro atoms. The first-order valence-corrected chi connectivity index (χ1v) is 8.01. The third-order valence-corrected chi connectivity index (χ3v) is 4.78. The highest BCUT2D eigenvalue weighted by atomic mass is 16.4. The first kappa shape index (κ1) is 16.0. The van der Waals surface area contributed by atoms with Gasteiger partial charge in [0.1, 0.15) is 0 Å². The molecule has 3 nitrogen and oxygen atoms in total. The second kappa shape index (κ2) is 7.08. The standard InChI is InChI=1S/C18H27NO2/c1-13-7-8-16(10-14(13)2)11-17(12-18(20)21)19-9-5-4-6-15(19)3/h7-8,10,15,17H,4-6,9,11-12H2,1-3H3,(H,20,21). The van der Waals surface area contributed by atoms with E-state index in [4.69, 9.17) is 0 Å². The first-order chi connectivity index (χ1) is 9.97. The monoisotopic (exact) mass is 289 g/mol. The Morgan fingerprint density at radius 3 is 2.71 bits per heavy atom. The Labute approximate surface area is 128 Å². The van der Waals surface area contributed by atoms with Gasteiger partial charge in [-0.3, -0.25) is 9.69 Å². The number of carbonyl (C=O) groups is 1. The van der Waals surface area contributed by atoms with Crippen LogP contribution in [0, 0.1) is 13.8 Å². The average Bonchev–Trinajstić information content (AvgIpc) is 2.42. The third-order valence-electron chi connectivity index (χ3n) is 4.78. The molecule has 3 heteroatoms. The molecule has 1 aliphatic rings. The Kier molecular flexibility index (Phi) is 5.40. The predicted molar refractivity (Wildman–Crippen MR) is 85.7 cm³/mol. The van der Waals surface area contributed by atoms with Gasteiger partial charge >= 0.3 is 5.97 Å². The number of hydrogen-bond donors (Lipinski definition) is 1. The first-order valence-electron chi connectivity index (χ1n) is 8.01. The molecule has 1 aromatic carbocycles. The van der Waals surface area contributed by atoms with Crippen molar-refractivity contribution >= 4 is 5.97 Å². The summed E-state index contributed by atoms with van der Waals surface area (Å²) in [6.45, 7) is 7.49. The van der Waals surface area contributed by atoms with Crippen LogP contribution < -0.4 is 0 Å². The summed E-state index contributed by atoms with van der Waals surface area (Å²) in [5, 5.41) is 9.25. The maximum Gasteiger partial charge on any atom is 0.304 e. The summed E-state index contributed by atoms with van der Waals surface area (Å²) >= 11 is 0. The average molecular weight is 289 g/mol. The second-order valence-corrected chi connectivity index (χ2v) is 6.46. The van der Waals surface area contributed by atoms with Gasteiger partial charge in [0.15, 0.2) is 0 Å². The minimum Gasteiger partial charge on any atom is -0.481 e. The molecule has 0 bridgehead atoms. The fourth-order valence-corrected chi connectivity index (χ4v) is 3.37. The van der Waals surface area contributed by atoms with E-state index >= 15 is 0 Å². The van der Waals surface area contributed by atoms with Crippen LogP contribution in [0.2, 0.25) is 0 Å². The number of hydrogen-bond acceptors (Lipinski definition) is 2. The van der Waals surface area contributed by atoms with Gasteiger partial charge in [-0.15, -0.1) is 0 Å². The molecule has 2 unspecified atom stereocenters. The van der Waals surface area contributed by atoms with E-state index in [1.54, 1.807) is 0 Å². The molecule has 0 saturated carbocycles. The zero-order valence-electron chi connectivity index (χ0n) is 13.4. The van der Waals surface area contributed by atoms with E-state index in [0.29, 0.717) is 6.04 Å². The minimum absolute atomic E-state index is 0.111. The molecule has 1 saturated heterocycles. The number of carboxylic acid groups (broad SMARTS) is 1. The molecule has 2 rings (SSSR count). The molecule has 1 fully saturated rings. The number of aliphatic carboxylic acids is 1. The van der Waals surface area contributed by atoms with Gasteiger partial charge in [0.05, 0.1) is 6.42 Å². The lowest BCUT2D eigenvalue weighted by atomic mass is 9.94. The van der Waals surface area contributed by atoms with Crippen molar-refractivity contribution < 1.29 is 9.90 Å². The predicted octanol–water partition coefficient (Wildman–Crippen LogP) is 3.56. The number of rotatable bonds is 5. The largest absolute Gasteiger partial charge is 0.481 e.